The molecule has 0 unspecified atom stereocenters. The molecule has 0 aliphatic heterocycles. The van der Waals surface area contributed by atoms with Gasteiger partial charge in [0.25, 0.3) is 0 Å². The highest BCUT2D eigenvalue weighted by atomic mass is 35.5. The molecular weight excluding hydrogens is 388 g/mol. The van der Waals surface area contributed by atoms with Crippen LogP contribution in [0, 0.1) is 0 Å². The second kappa shape index (κ2) is 8.20. The SMILES string of the molecule is O=C(O)CN(c1ccccc1)c1onc(-c2ccc(Cl)cc2)c1-c1ccccc1. The summed E-state index contributed by atoms with van der Waals surface area (Å²) in [5, 5.41) is 14.4. The number of hydrogen-bond donors (Lipinski definition) is 1. The molecule has 4 aromatic rings. The first-order valence-corrected chi connectivity index (χ1v) is 9.36. The molecule has 0 amide bonds. The first kappa shape index (κ1) is 18.8. The van der Waals surface area contributed by atoms with Crippen LogP contribution in [0.4, 0.5) is 11.6 Å². The number of carbonyl (C=O) groups is 1. The standard InChI is InChI=1S/C23H17ClN2O3/c24-18-13-11-17(12-14-18)22-21(16-7-3-1-4-8-16)23(29-25-22)26(15-20(27)28)19-9-5-2-6-10-19/h1-14H,15H2,(H,27,28). The van der Waals surface area contributed by atoms with Gasteiger partial charge in [0, 0.05) is 16.3 Å². The number of benzene rings is 3. The number of hydrogen-bond acceptors (Lipinski definition) is 4. The van der Waals surface area contributed by atoms with Crippen LogP contribution in [0.15, 0.2) is 89.5 Å². The van der Waals surface area contributed by atoms with Crippen LogP contribution in [0.1, 0.15) is 0 Å². The lowest BCUT2D eigenvalue weighted by molar-refractivity contribution is -0.135. The van der Waals surface area contributed by atoms with Gasteiger partial charge in [0.2, 0.25) is 5.88 Å². The van der Waals surface area contributed by atoms with Crippen LogP contribution in [-0.2, 0) is 4.79 Å². The van der Waals surface area contributed by atoms with E-state index < -0.39 is 5.97 Å². The zero-order chi connectivity index (χ0) is 20.2. The fraction of sp³-hybridized carbons (Fsp3) is 0.0435. The molecule has 0 saturated heterocycles. The molecule has 29 heavy (non-hydrogen) atoms. The van der Waals surface area contributed by atoms with E-state index in [9.17, 15) is 9.90 Å². The normalized spacial score (nSPS) is 10.7. The van der Waals surface area contributed by atoms with Crippen LogP contribution in [0.5, 0.6) is 0 Å². The average molecular weight is 405 g/mol. The molecule has 144 valence electrons. The topological polar surface area (TPSA) is 66.6 Å². The predicted octanol–water partition coefficient (Wildman–Crippen LogP) is 5.88. The Balaban J connectivity index is 1.92. The van der Waals surface area contributed by atoms with E-state index in [2.05, 4.69) is 5.16 Å². The molecule has 0 aliphatic carbocycles. The number of para-hydroxylation sites is 1. The van der Waals surface area contributed by atoms with E-state index in [1.54, 1.807) is 17.0 Å². The fourth-order valence-corrected chi connectivity index (χ4v) is 3.29. The molecule has 1 N–H and O–H groups in total. The maximum atomic E-state index is 11.6. The van der Waals surface area contributed by atoms with Crippen LogP contribution in [-0.4, -0.2) is 22.8 Å². The molecule has 1 aromatic heterocycles. The van der Waals surface area contributed by atoms with Crippen LogP contribution >= 0.6 is 11.6 Å². The van der Waals surface area contributed by atoms with Gasteiger partial charge in [-0.05, 0) is 29.8 Å². The molecule has 1 heterocycles. The zero-order valence-corrected chi connectivity index (χ0v) is 16.1. The first-order chi connectivity index (χ1) is 14.1. The minimum Gasteiger partial charge on any atom is -0.480 e. The van der Waals surface area contributed by atoms with Crippen molar-refractivity contribution in [3.8, 4) is 22.4 Å². The summed E-state index contributed by atoms with van der Waals surface area (Å²) in [5.41, 5.74) is 3.74. The maximum absolute atomic E-state index is 11.6. The summed E-state index contributed by atoms with van der Waals surface area (Å²) in [6.07, 6.45) is 0. The molecule has 6 heteroatoms. The minimum absolute atomic E-state index is 0.265. The maximum Gasteiger partial charge on any atom is 0.323 e. The highest BCUT2D eigenvalue weighted by Gasteiger charge is 2.26. The van der Waals surface area contributed by atoms with Crippen molar-refractivity contribution >= 4 is 29.1 Å². The summed E-state index contributed by atoms with van der Waals surface area (Å²) in [4.78, 5) is 13.2. The van der Waals surface area contributed by atoms with Gasteiger partial charge in [0.1, 0.15) is 12.2 Å². The van der Waals surface area contributed by atoms with Gasteiger partial charge in [-0.3, -0.25) is 9.69 Å². The number of carboxylic acid groups (broad SMARTS) is 1. The van der Waals surface area contributed by atoms with Gasteiger partial charge in [-0.25, -0.2) is 0 Å². The fourth-order valence-electron chi connectivity index (χ4n) is 3.16. The molecule has 0 radical (unpaired) electrons. The molecule has 0 aliphatic rings. The summed E-state index contributed by atoms with van der Waals surface area (Å²) in [6, 6.07) is 26.2. The van der Waals surface area contributed by atoms with Crippen LogP contribution < -0.4 is 4.90 Å². The van der Waals surface area contributed by atoms with Crippen molar-refractivity contribution < 1.29 is 14.4 Å². The van der Waals surface area contributed by atoms with E-state index in [0.717, 1.165) is 16.7 Å². The predicted molar refractivity (Wildman–Crippen MR) is 113 cm³/mol. The highest BCUT2D eigenvalue weighted by Crippen LogP contribution is 2.42. The van der Waals surface area contributed by atoms with Gasteiger partial charge < -0.3 is 9.63 Å². The van der Waals surface area contributed by atoms with E-state index in [4.69, 9.17) is 16.1 Å². The number of carboxylic acids is 1. The van der Waals surface area contributed by atoms with Crippen molar-refractivity contribution in [2.24, 2.45) is 0 Å². The minimum atomic E-state index is -0.975. The molecule has 5 nitrogen and oxygen atoms in total. The molecule has 0 bridgehead atoms. The third-order valence-electron chi connectivity index (χ3n) is 4.46. The van der Waals surface area contributed by atoms with Crippen molar-refractivity contribution in [1.82, 2.24) is 5.16 Å². The summed E-state index contributed by atoms with van der Waals surface area (Å²) < 4.78 is 5.73. The van der Waals surface area contributed by atoms with Gasteiger partial charge in [0.15, 0.2) is 0 Å². The Hall–Kier alpha value is -3.57. The molecule has 4 rings (SSSR count). The Morgan fingerprint density at radius 3 is 2.14 bits per heavy atom. The largest absolute Gasteiger partial charge is 0.480 e. The van der Waals surface area contributed by atoms with Gasteiger partial charge in [0.05, 0.1) is 5.56 Å². The second-order valence-corrected chi connectivity index (χ2v) is 6.84. The molecule has 0 fully saturated rings. The molecule has 0 atom stereocenters. The van der Waals surface area contributed by atoms with E-state index in [1.807, 2.05) is 72.8 Å². The Labute approximate surface area is 172 Å². The molecule has 3 aromatic carbocycles. The van der Waals surface area contributed by atoms with Crippen molar-refractivity contribution in [3.05, 3.63) is 90.0 Å². The van der Waals surface area contributed by atoms with Crippen LogP contribution in [0.3, 0.4) is 0 Å². The number of rotatable bonds is 6. The number of aromatic nitrogens is 1. The Kier molecular flexibility index (Phi) is 5.31. The average Bonchev–Trinajstić information content (AvgIpc) is 3.18. The van der Waals surface area contributed by atoms with Gasteiger partial charge >= 0.3 is 5.97 Å². The van der Waals surface area contributed by atoms with E-state index >= 15 is 0 Å². The van der Waals surface area contributed by atoms with Crippen LogP contribution in [0.25, 0.3) is 22.4 Å². The lowest BCUT2D eigenvalue weighted by Crippen LogP contribution is -2.25. The summed E-state index contributed by atoms with van der Waals surface area (Å²) in [7, 11) is 0. The number of anilines is 2. The molecular formula is C23H17ClN2O3. The summed E-state index contributed by atoms with van der Waals surface area (Å²) >= 11 is 6.03. The number of aliphatic carboxylic acids is 1. The third kappa shape index (κ3) is 4.00. The summed E-state index contributed by atoms with van der Waals surface area (Å²) in [6.45, 7) is -0.265. The zero-order valence-electron chi connectivity index (χ0n) is 15.3. The van der Waals surface area contributed by atoms with Gasteiger partial charge in [-0.2, -0.15) is 0 Å². The van der Waals surface area contributed by atoms with Crippen molar-refractivity contribution in [1.29, 1.82) is 0 Å². The first-order valence-electron chi connectivity index (χ1n) is 8.99. The lowest BCUT2D eigenvalue weighted by atomic mass is 10.0. The molecule has 0 saturated carbocycles. The lowest BCUT2D eigenvalue weighted by Gasteiger charge is -2.21. The Bertz CT molecular complexity index is 1110. The van der Waals surface area contributed by atoms with Crippen molar-refractivity contribution in [2.45, 2.75) is 0 Å². The summed E-state index contributed by atoms with van der Waals surface area (Å²) in [5.74, 6) is -0.605. The van der Waals surface area contributed by atoms with E-state index in [-0.39, 0.29) is 6.54 Å². The van der Waals surface area contributed by atoms with Gasteiger partial charge in [-0.1, -0.05) is 77.4 Å². The third-order valence-corrected chi connectivity index (χ3v) is 4.71. The van der Waals surface area contributed by atoms with Gasteiger partial charge in [-0.15, -0.1) is 0 Å². The number of halogens is 1. The Morgan fingerprint density at radius 1 is 0.897 bits per heavy atom. The van der Waals surface area contributed by atoms with Crippen molar-refractivity contribution in [3.63, 3.8) is 0 Å². The smallest absolute Gasteiger partial charge is 0.323 e. The monoisotopic (exact) mass is 404 g/mol. The van der Waals surface area contributed by atoms with Crippen molar-refractivity contribution in [2.75, 3.05) is 11.4 Å². The Morgan fingerprint density at radius 2 is 1.52 bits per heavy atom. The van der Waals surface area contributed by atoms with Crippen LogP contribution in [0.2, 0.25) is 5.02 Å². The second-order valence-electron chi connectivity index (χ2n) is 6.40. The van der Waals surface area contributed by atoms with E-state index in [1.165, 1.54) is 0 Å². The highest BCUT2D eigenvalue weighted by molar-refractivity contribution is 6.30. The number of nitrogens with zero attached hydrogens (tertiary/aromatic N) is 2. The quantitative estimate of drug-likeness (QED) is 0.434. The van der Waals surface area contributed by atoms with E-state index in [0.29, 0.717) is 22.3 Å². The molecule has 0 spiro atoms.